The van der Waals surface area contributed by atoms with Crippen LogP contribution in [0.2, 0.25) is 0 Å². The molecule has 1 aliphatic rings. The molecule has 2 aromatic carbocycles. The van der Waals surface area contributed by atoms with Crippen LogP contribution < -0.4 is 4.90 Å². The van der Waals surface area contributed by atoms with E-state index in [0.29, 0.717) is 9.23 Å². The number of thioether (sulfide) groups is 1. The molecule has 1 saturated heterocycles. The SMILES string of the molecule is Cc1ccccc1N1C(=O)/C(=C/C=C(\Br)c2ccccc2)SC1=S. The number of para-hydroxylation sites is 1. The molecule has 2 aromatic rings. The number of hydrogen-bond donors (Lipinski definition) is 0. The number of aryl methyl sites for hydroxylation is 1. The highest BCUT2D eigenvalue weighted by Crippen LogP contribution is 2.36. The van der Waals surface area contributed by atoms with Crippen molar-refractivity contribution in [3.8, 4) is 0 Å². The van der Waals surface area contributed by atoms with Gasteiger partial charge in [0.15, 0.2) is 4.32 Å². The molecule has 2 nitrogen and oxygen atoms in total. The van der Waals surface area contributed by atoms with Crippen molar-refractivity contribution >= 4 is 60.3 Å². The standard InChI is InChI=1S/C19H14BrNOS2/c1-13-7-5-6-10-16(13)21-18(22)17(24-19(21)23)12-11-15(20)14-8-3-2-4-9-14/h2-12H,1H3/b15-11-,17-12-. The molecule has 0 saturated carbocycles. The molecule has 24 heavy (non-hydrogen) atoms. The normalized spacial score (nSPS) is 17.0. The zero-order valence-electron chi connectivity index (χ0n) is 12.9. The number of nitrogens with zero attached hydrogens (tertiary/aromatic N) is 1. The number of hydrogen-bond acceptors (Lipinski definition) is 3. The fraction of sp³-hybridized carbons (Fsp3) is 0.0526. The van der Waals surface area contributed by atoms with Crippen molar-refractivity contribution in [1.29, 1.82) is 0 Å². The molecular formula is C19H14BrNOS2. The molecule has 0 aliphatic carbocycles. The van der Waals surface area contributed by atoms with E-state index in [1.807, 2.05) is 73.7 Å². The van der Waals surface area contributed by atoms with Crippen molar-refractivity contribution in [3.63, 3.8) is 0 Å². The van der Waals surface area contributed by atoms with Gasteiger partial charge in [0, 0.05) is 4.48 Å². The Kier molecular flexibility index (Phi) is 5.33. The molecule has 0 atom stereocenters. The van der Waals surface area contributed by atoms with Crippen molar-refractivity contribution in [2.24, 2.45) is 0 Å². The molecule has 1 heterocycles. The Morgan fingerprint density at radius 3 is 2.50 bits per heavy atom. The van der Waals surface area contributed by atoms with E-state index >= 15 is 0 Å². The van der Waals surface area contributed by atoms with Gasteiger partial charge in [-0.15, -0.1) is 0 Å². The zero-order valence-corrected chi connectivity index (χ0v) is 16.1. The van der Waals surface area contributed by atoms with E-state index in [-0.39, 0.29) is 5.91 Å². The second-order valence-corrected chi connectivity index (χ2v) is 7.74. The van der Waals surface area contributed by atoms with Crippen molar-refractivity contribution in [2.75, 3.05) is 4.90 Å². The van der Waals surface area contributed by atoms with Gasteiger partial charge in [-0.2, -0.15) is 0 Å². The van der Waals surface area contributed by atoms with Crippen LogP contribution in [0.15, 0.2) is 71.7 Å². The summed E-state index contributed by atoms with van der Waals surface area (Å²) in [5.41, 5.74) is 2.92. The van der Waals surface area contributed by atoms with Crippen LogP contribution in [0.3, 0.4) is 0 Å². The largest absolute Gasteiger partial charge is 0.270 e. The molecule has 0 aromatic heterocycles. The molecule has 3 rings (SSSR count). The second kappa shape index (κ2) is 7.47. The topological polar surface area (TPSA) is 20.3 Å². The van der Waals surface area contributed by atoms with Crippen LogP contribution in [0.5, 0.6) is 0 Å². The first-order valence-electron chi connectivity index (χ1n) is 7.33. The highest BCUT2D eigenvalue weighted by Gasteiger charge is 2.33. The van der Waals surface area contributed by atoms with E-state index in [9.17, 15) is 4.79 Å². The van der Waals surface area contributed by atoms with Gasteiger partial charge in [-0.05, 0) is 36.3 Å². The molecule has 1 fully saturated rings. The third-order valence-electron chi connectivity index (χ3n) is 3.58. The molecule has 120 valence electrons. The summed E-state index contributed by atoms with van der Waals surface area (Å²) >= 11 is 10.3. The smallest absolute Gasteiger partial charge is 0.268 e. The maximum Gasteiger partial charge on any atom is 0.270 e. The van der Waals surface area contributed by atoms with E-state index in [2.05, 4.69) is 15.9 Å². The van der Waals surface area contributed by atoms with Gasteiger partial charge in [-0.25, -0.2) is 0 Å². The lowest BCUT2D eigenvalue weighted by Crippen LogP contribution is -2.28. The molecule has 1 aliphatic heterocycles. The molecule has 0 unspecified atom stereocenters. The van der Waals surface area contributed by atoms with Crippen LogP contribution in [0.1, 0.15) is 11.1 Å². The number of amides is 1. The summed E-state index contributed by atoms with van der Waals surface area (Å²) < 4.78 is 1.48. The summed E-state index contributed by atoms with van der Waals surface area (Å²) in [6.07, 6.45) is 3.70. The summed E-state index contributed by atoms with van der Waals surface area (Å²) in [4.78, 5) is 14.9. The lowest BCUT2D eigenvalue weighted by Gasteiger charge is -2.16. The molecule has 0 spiro atoms. The Bertz CT molecular complexity index is 859. The van der Waals surface area contributed by atoms with E-state index < -0.39 is 0 Å². The highest BCUT2D eigenvalue weighted by molar-refractivity contribution is 9.15. The van der Waals surface area contributed by atoms with Gasteiger partial charge in [0.25, 0.3) is 5.91 Å². The van der Waals surface area contributed by atoms with E-state index in [1.54, 1.807) is 4.90 Å². The van der Waals surface area contributed by atoms with Crippen LogP contribution in [0, 0.1) is 6.92 Å². The first kappa shape index (κ1) is 17.1. The number of carbonyl (C=O) groups is 1. The average molecular weight is 416 g/mol. The number of allylic oxidation sites excluding steroid dienone is 2. The third-order valence-corrected chi connectivity index (χ3v) is 5.62. The van der Waals surface area contributed by atoms with Crippen LogP contribution in [-0.2, 0) is 4.79 Å². The Balaban J connectivity index is 1.88. The van der Waals surface area contributed by atoms with E-state index in [1.165, 1.54) is 11.8 Å². The van der Waals surface area contributed by atoms with Crippen LogP contribution in [0.25, 0.3) is 4.48 Å². The van der Waals surface area contributed by atoms with Gasteiger partial charge in [0.05, 0.1) is 10.6 Å². The minimum atomic E-state index is -0.0797. The van der Waals surface area contributed by atoms with Crippen molar-refractivity contribution in [1.82, 2.24) is 0 Å². The van der Waals surface area contributed by atoms with Crippen LogP contribution in [0.4, 0.5) is 5.69 Å². The molecular weight excluding hydrogens is 402 g/mol. The molecule has 1 amide bonds. The monoisotopic (exact) mass is 415 g/mol. The average Bonchev–Trinajstić information content (AvgIpc) is 2.88. The molecule has 0 N–H and O–H groups in total. The lowest BCUT2D eigenvalue weighted by molar-refractivity contribution is -0.113. The van der Waals surface area contributed by atoms with Crippen molar-refractivity contribution in [3.05, 3.63) is 82.8 Å². The Hall–Kier alpha value is -1.69. The highest BCUT2D eigenvalue weighted by atomic mass is 79.9. The van der Waals surface area contributed by atoms with E-state index in [4.69, 9.17) is 12.2 Å². The minimum Gasteiger partial charge on any atom is -0.268 e. The predicted octanol–water partition coefficient (Wildman–Crippen LogP) is 5.68. The Labute approximate surface area is 159 Å². The summed E-state index contributed by atoms with van der Waals surface area (Å²) in [6.45, 7) is 1.98. The van der Waals surface area contributed by atoms with Crippen LogP contribution in [-0.4, -0.2) is 10.2 Å². The molecule has 5 heteroatoms. The van der Waals surface area contributed by atoms with Gasteiger partial charge in [0.1, 0.15) is 0 Å². The summed E-state index contributed by atoms with van der Waals surface area (Å²) in [6, 6.07) is 17.7. The maximum atomic E-state index is 12.7. The van der Waals surface area contributed by atoms with Gasteiger partial charge in [0.2, 0.25) is 0 Å². The summed E-state index contributed by atoms with van der Waals surface area (Å²) in [5, 5.41) is 0. The molecule has 0 bridgehead atoms. The summed E-state index contributed by atoms with van der Waals surface area (Å²) in [5.74, 6) is -0.0797. The van der Waals surface area contributed by atoms with Crippen LogP contribution >= 0.6 is 39.9 Å². The van der Waals surface area contributed by atoms with Gasteiger partial charge >= 0.3 is 0 Å². The number of benzene rings is 2. The van der Waals surface area contributed by atoms with Crippen molar-refractivity contribution < 1.29 is 4.79 Å². The van der Waals surface area contributed by atoms with Gasteiger partial charge in [-0.1, -0.05) is 88.4 Å². The maximum absolute atomic E-state index is 12.7. The van der Waals surface area contributed by atoms with Gasteiger partial charge in [-0.3, -0.25) is 9.69 Å². The Morgan fingerprint density at radius 2 is 1.79 bits per heavy atom. The minimum absolute atomic E-state index is 0.0797. The third kappa shape index (κ3) is 3.53. The number of thiocarbonyl (C=S) groups is 1. The number of carbonyl (C=O) groups excluding carboxylic acids is 1. The molecule has 0 radical (unpaired) electrons. The lowest BCUT2D eigenvalue weighted by atomic mass is 10.2. The fourth-order valence-corrected chi connectivity index (χ4v) is 3.97. The fourth-order valence-electron chi connectivity index (χ4n) is 2.35. The number of rotatable bonds is 3. The van der Waals surface area contributed by atoms with Crippen molar-refractivity contribution in [2.45, 2.75) is 6.92 Å². The zero-order chi connectivity index (χ0) is 17.1. The first-order valence-corrected chi connectivity index (χ1v) is 9.34. The Morgan fingerprint density at radius 1 is 1.12 bits per heavy atom. The second-order valence-electron chi connectivity index (χ2n) is 5.21. The number of anilines is 1. The van der Waals surface area contributed by atoms with E-state index in [0.717, 1.165) is 21.3 Å². The first-order chi connectivity index (χ1) is 11.6. The quantitative estimate of drug-likeness (QED) is 0.474. The summed E-state index contributed by atoms with van der Waals surface area (Å²) in [7, 11) is 0. The predicted molar refractivity (Wildman–Crippen MR) is 110 cm³/mol. The van der Waals surface area contributed by atoms with Gasteiger partial charge < -0.3 is 0 Å². The number of halogens is 1.